The van der Waals surface area contributed by atoms with Crippen LogP contribution in [0, 0.1) is 11.3 Å². The summed E-state index contributed by atoms with van der Waals surface area (Å²) in [5.41, 5.74) is 0.228. The lowest BCUT2D eigenvalue weighted by Crippen LogP contribution is -2.47. The molecule has 234 valence electrons. The van der Waals surface area contributed by atoms with Crippen molar-refractivity contribution in [1.82, 2.24) is 19.3 Å². The van der Waals surface area contributed by atoms with Crippen molar-refractivity contribution >= 4 is 25.7 Å². The van der Waals surface area contributed by atoms with Crippen LogP contribution in [-0.4, -0.2) is 109 Å². The average Bonchev–Trinajstić information content (AvgIpc) is 3.40. The van der Waals surface area contributed by atoms with Crippen LogP contribution in [0.1, 0.15) is 19.3 Å². The first-order chi connectivity index (χ1) is 20.5. The number of pyridine rings is 1. The summed E-state index contributed by atoms with van der Waals surface area (Å²) in [7, 11) is -5.68. The molecular weight excluding hydrogens is 600 g/mol. The SMILES string of the molecule is CN1CCOc2ncc(S(=O)(=O)N3CCC4(CC3)CC(NCC(O)COc3cccc(S(=O)(=O)NCC#N)c3)CO4)cc21. The van der Waals surface area contributed by atoms with Crippen molar-refractivity contribution in [1.29, 1.82) is 5.26 Å². The minimum atomic E-state index is -3.84. The molecule has 0 amide bonds. The number of anilines is 1. The maximum atomic E-state index is 13.4. The molecule has 2 saturated heterocycles. The molecular formula is C27H36N6O8S2. The van der Waals surface area contributed by atoms with Crippen molar-refractivity contribution in [2.45, 2.75) is 46.8 Å². The van der Waals surface area contributed by atoms with Gasteiger partial charge in [-0.25, -0.2) is 21.8 Å². The molecule has 3 aliphatic heterocycles. The molecule has 2 fully saturated rings. The summed E-state index contributed by atoms with van der Waals surface area (Å²) in [5, 5.41) is 22.4. The summed E-state index contributed by atoms with van der Waals surface area (Å²) < 4.78 is 72.2. The van der Waals surface area contributed by atoms with Gasteiger partial charge in [0.1, 0.15) is 35.7 Å². The van der Waals surface area contributed by atoms with E-state index in [1.54, 1.807) is 18.2 Å². The van der Waals surface area contributed by atoms with Crippen molar-refractivity contribution in [2.24, 2.45) is 0 Å². The van der Waals surface area contributed by atoms with Gasteiger partial charge in [-0.15, -0.1) is 0 Å². The lowest BCUT2D eigenvalue weighted by Gasteiger charge is -2.38. The third-order valence-corrected chi connectivity index (χ3v) is 11.2. The number of hydrogen-bond acceptors (Lipinski definition) is 12. The molecule has 2 aromatic rings. The van der Waals surface area contributed by atoms with Gasteiger partial charge in [-0.1, -0.05) is 6.07 Å². The molecule has 0 aliphatic carbocycles. The second-order valence-corrected chi connectivity index (χ2v) is 14.6. The Hall–Kier alpha value is -3.04. The maximum Gasteiger partial charge on any atom is 0.244 e. The Bertz CT molecular complexity index is 1560. The summed E-state index contributed by atoms with van der Waals surface area (Å²) in [6.45, 7) is 2.09. The van der Waals surface area contributed by atoms with Crippen LogP contribution in [0.3, 0.4) is 0 Å². The van der Waals surface area contributed by atoms with Crippen LogP contribution in [0.5, 0.6) is 11.6 Å². The summed E-state index contributed by atoms with van der Waals surface area (Å²) in [6.07, 6.45) is 2.29. The number of rotatable bonds is 11. The zero-order valence-electron chi connectivity index (χ0n) is 23.8. The highest BCUT2D eigenvalue weighted by molar-refractivity contribution is 7.89. The van der Waals surface area contributed by atoms with E-state index in [0.29, 0.717) is 63.7 Å². The number of aromatic nitrogens is 1. The lowest BCUT2D eigenvalue weighted by molar-refractivity contribution is -0.0312. The van der Waals surface area contributed by atoms with E-state index in [-0.39, 0.29) is 41.3 Å². The zero-order chi connectivity index (χ0) is 30.7. The second kappa shape index (κ2) is 12.9. The summed E-state index contributed by atoms with van der Waals surface area (Å²) in [5.74, 6) is 0.709. The molecule has 2 atom stereocenters. The monoisotopic (exact) mass is 636 g/mol. The first-order valence-corrected chi connectivity index (χ1v) is 16.9. The topological polar surface area (TPSA) is 183 Å². The van der Waals surface area contributed by atoms with E-state index in [4.69, 9.17) is 19.5 Å². The number of aliphatic hydroxyl groups excluding tert-OH is 1. The van der Waals surface area contributed by atoms with Gasteiger partial charge in [0, 0.05) is 38.8 Å². The Labute approximate surface area is 251 Å². The number of likely N-dealkylation sites (N-methyl/N-ethyl adjacent to an activating group) is 1. The number of hydrogen-bond donors (Lipinski definition) is 3. The van der Waals surface area contributed by atoms with Crippen LogP contribution in [0.2, 0.25) is 0 Å². The molecule has 0 radical (unpaired) electrons. The van der Waals surface area contributed by atoms with Crippen LogP contribution in [-0.2, 0) is 24.8 Å². The Morgan fingerprint density at radius 1 is 1.21 bits per heavy atom. The smallest absolute Gasteiger partial charge is 0.244 e. The minimum Gasteiger partial charge on any atom is -0.491 e. The number of sulfonamides is 2. The molecule has 14 nitrogen and oxygen atoms in total. The number of nitrogens with one attached hydrogen (secondary N) is 2. The van der Waals surface area contributed by atoms with E-state index >= 15 is 0 Å². The van der Waals surface area contributed by atoms with E-state index in [1.807, 2.05) is 11.9 Å². The molecule has 2 unspecified atom stereocenters. The van der Waals surface area contributed by atoms with Crippen LogP contribution in [0.25, 0.3) is 0 Å². The van der Waals surface area contributed by atoms with Crippen LogP contribution >= 0.6 is 0 Å². The number of benzene rings is 1. The fraction of sp³-hybridized carbons (Fsp3) is 0.556. The number of aliphatic hydroxyl groups is 1. The van der Waals surface area contributed by atoms with Gasteiger partial charge in [0.15, 0.2) is 0 Å². The fourth-order valence-electron chi connectivity index (χ4n) is 5.45. The number of piperidine rings is 1. The standard InChI is InChI=1S/C27H36N6O8S2/c1-32-11-12-39-26-25(32)14-24(17-30-26)43(37,38)33-9-5-27(6-10-33)15-20(18-41-27)29-16-21(34)19-40-22-3-2-4-23(13-22)42(35,36)31-8-7-28/h2-4,13-14,17,20-21,29,31,34H,5-6,8-12,15-16,18-19H2,1H3. The van der Waals surface area contributed by atoms with Gasteiger partial charge in [-0.2, -0.15) is 14.3 Å². The molecule has 1 aromatic heterocycles. The fourth-order valence-corrected chi connectivity index (χ4v) is 7.81. The average molecular weight is 637 g/mol. The molecule has 1 spiro atoms. The first-order valence-electron chi connectivity index (χ1n) is 14.0. The van der Waals surface area contributed by atoms with E-state index in [2.05, 4.69) is 15.0 Å². The van der Waals surface area contributed by atoms with E-state index in [0.717, 1.165) is 0 Å². The van der Waals surface area contributed by atoms with E-state index < -0.39 is 31.8 Å². The molecule has 1 aromatic carbocycles. The third kappa shape index (κ3) is 7.20. The molecule has 4 heterocycles. The summed E-state index contributed by atoms with van der Waals surface area (Å²) >= 11 is 0. The zero-order valence-corrected chi connectivity index (χ0v) is 25.4. The van der Waals surface area contributed by atoms with Gasteiger partial charge >= 0.3 is 0 Å². The van der Waals surface area contributed by atoms with Gasteiger partial charge < -0.3 is 29.5 Å². The highest BCUT2D eigenvalue weighted by atomic mass is 32.2. The minimum absolute atomic E-state index is 0.0159. The predicted molar refractivity (Wildman–Crippen MR) is 155 cm³/mol. The normalized spacial score (nSPS) is 21.1. The first kappa shape index (κ1) is 31.4. The van der Waals surface area contributed by atoms with Crippen molar-refractivity contribution in [3.63, 3.8) is 0 Å². The molecule has 5 rings (SSSR count). The quantitative estimate of drug-likeness (QED) is 0.282. The second-order valence-electron chi connectivity index (χ2n) is 10.9. The molecule has 43 heavy (non-hydrogen) atoms. The lowest BCUT2D eigenvalue weighted by atomic mass is 9.88. The van der Waals surface area contributed by atoms with Gasteiger partial charge in [0.25, 0.3) is 0 Å². The van der Waals surface area contributed by atoms with Gasteiger partial charge in [-0.05, 0) is 37.5 Å². The number of nitrogens with zero attached hydrogens (tertiary/aromatic N) is 4. The number of nitriles is 1. The summed E-state index contributed by atoms with van der Waals surface area (Å²) in [4.78, 5) is 6.27. The molecule has 3 N–H and O–H groups in total. The highest BCUT2D eigenvalue weighted by Crippen LogP contribution is 2.38. The highest BCUT2D eigenvalue weighted by Gasteiger charge is 2.45. The van der Waals surface area contributed by atoms with Crippen molar-refractivity contribution in [3.05, 3.63) is 36.5 Å². The number of fused-ring (bicyclic) bond motifs is 1. The Kier molecular flexibility index (Phi) is 9.42. The third-order valence-electron chi connectivity index (χ3n) is 7.91. The van der Waals surface area contributed by atoms with Gasteiger partial charge in [-0.3, -0.25) is 0 Å². The summed E-state index contributed by atoms with van der Waals surface area (Å²) in [6, 6.07) is 9.15. The largest absolute Gasteiger partial charge is 0.491 e. The van der Waals surface area contributed by atoms with Crippen molar-refractivity contribution in [3.8, 4) is 17.7 Å². The van der Waals surface area contributed by atoms with E-state index in [1.165, 1.54) is 28.7 Å². The molecule has 0 saturated carbocycles. The number of ether oxygens (including phenoxy) is 3. The van der Waals surface area contributed by atoms with Crippen LogP contribution < -0.4 is 24.4 Å². The maximum absolute atomic E-state index is 13.4. The van der Waals surface area contributed by atoms with Gasteiger partial charge in [0.2, 0.25) is 25.9 Å². The Morgan fingerprint density at radius 2 is 2.00 bits per heavy atom. The molecule has 16 heteroatoms. The van der Waals surface area contributed by atoms with Crippen molar-refractivity contribution in [2.75, 3.05) is 64.5 Å². The molecule has 3 aliphatic rings. The predicted octanol–water partition coefficient (Wildman–Crippen LogP) is 0.0538. The van der Waals surface area contributed by atoms with E-state index in [9.17, 15) is 21.9 Å². The Morgan fingerprint density at radius 3 is 2.77 bits per heavy atom. The van der Waals surface area contributed by atoms with Crippen molar-refractivity contribution < 1.29 is 36.2 Å². The van der Waals surface area contributed by atoms with Gasteiger partial charge in [0.05, 0.1) is 42.5 Å². The Balaban J connectivity index is 1.08. The van der Waals surface area contributed by atoms with Crippen LogP contribution in [0.15, 0.2) is 46.3 Å². The molecule has 0 bridgehead atoms. The van der Waals surface area contributed by atoms with Crippen LogP contribution in [0.4, 0.5) is 5.69 Å².